The number of pyridine rings is 1. The number of hydrogen-bond acceptors (Lipinski definition) is 7. The van der Waals surface area contributed by atoms with E-state index in [1.807, 2.05) is 37.2 Å². The average Bonchev–Trinajstić information content (AvgIpc) is 3.50. The molecule has 0 spiro atoms. The number of nitrogens with zero attached hydrogens (tertiary/aromatic N) is 6. The van der Waals surface area contributed by atoms with Gasteiger partial charge >= 0.3 is 0 Å². The molecule has 0 aliphatic carbocycles. The zero-order valence-corrected chi connectivity index (χ0v) is 19.2. The summed E-state index contributed by atoms with van der Waals surface area (Å²) in [6.45, 7) is 4.11. The van der Waals surface area contributed by atoms with Gasteiger partial charge < -0.3 is 9.64 Å². The van der Waals surface area contributed by atoms with E-state index in [2.05, 4.69) is 55.6 Å². The number of H-pyrrole nitrogens is 2. The van der Waals surface area contributed by atoms with Crippen LogP contribution < -0.4 is 4.90 Å². The van der Waals surface area contributed by atoms with Crippen molar-refractivity contribution in [3.63, 3.8) is 0 Å². The number of fused-ring (bicyclic) bond motifs is 2. The first-order valence-electron chi connectivity index (χ1n) is 11.4. The van der Waals surface area contributed by atoms with Gasteiger partial charge in [-0.2, -0.15) is 10.2 Å². The molecule has 1 aliphatic heterocycles. The monoisotopic (exact) mass is 454 g/mol. The van der Waals surface area contributed by atoms with Gasteiger partial charge in [-0.15, -0.1) is 0 Å². The fraction of sp³-hybridized carbons (Fsp3) is 0.280. The standard InChI is InChI=1S/C25H26N8O/c1-32(2)23-8-5-16-13-17(3-6-20(16)26-23)24-19-14-18(4-7-21(19)28-30-24)25-27-22(29-31-25)15-33-9-11-34-12-10-33/h3-8,13-14H,9-12,15H2,1-2H3,(H,28,30)(H,27,29,31). The van der Waals surface area contributed by atoms with E-state index in [1.54, 1.807) is 0 Å². The maximum atomic E-state index is 5.43. The Kier molecular flexibility index (Phi) is 5.20. The van der Waals surface area contributed by atoms with Gasteiger partial charge in [0.05, 0.1) is 36.5 Å². The molecule has 172 valence electrons. The van der Waals surface area contributed by atoms with Crippen LogP contribution in [-0.4, -0.2) is 75.7 Å². The molecule has 3 aromatic heterocycles. The van der Waals surface area contributed by atoms with E-state index in [-0.39, 0.29) is 0 Å². The van der Waals surface area contributed by atoms with Gasteiger partial charge in [0.2, 0.25) is 0 Å². The molecule has 0 amide bonds. The van der Waals surface area contributed by atoms with Crippen LogP contribution in [0.4, 0.5) is 5.82 Å². The molecule has 5 aromatic rings. The van der Waals surface area contributed by atoms with Crippen molar-refractivity contribution in [3.8, 4) is 22.6 Å². The number of anilines is 1. The summed E-state index contributed by atoms with van der Waals surface area (Å²) >= 11 is 0. The molecule has 0 bridgehead atoms. The molecule has 2 aromatic carbocycles. The molecule has 34 heavy (non-hydrogen) atoms. The van der Waals surface area contributed by atoms with Gasteiger partial charge in [-0.25, -0.2) is 9.97 Å². The summed E-state index contributed by atoms with van der Waals surface area (Å²) in [4.78, 5) is 13.8. The molecule has 6 rings (SSSR count). The lowest BCUT2D eigenvalue weighted by atomic mass is 10.0. The molecule has 4 heterocycles. The Morgan fingerprint density at radius 3 is 2.62 bits per heavy atom. The molecule has 9 heteroatoms. The van der Waals surface area contributed by atoms with Crippen molar-refractivity contribution < 1.29 is 4.74 Å². The summed E-state index contributed by atoms with van der Waals surface area (Å²) in [6, 6.07) is 16.6. The number of hydrogen-bond donors (Lipinski definition) is 2. The van der Waals surface area contributed by atoms with E-state index >= 15 is 0 Å². The minimum Gasteiger partial charge on any atom is -0.379 e. The summed E-state index contributed by atoms with van der Waals surface area (Å²) in [5.41, 5.74) is 4.84. The van der Waals surface area contributed by atoms with Gasteiger partial charge in [0, 0.05) is 49.1 Å². The third-order valence-electron chi connectivity index (χ3n) is 6.24. The largest absolute Gasteiger partial charge is 0.379 e. The number of aromatic amines is 2. The van der Waals surface area contributed by atoms with Crippen LogP contribution in [0.3, 0.4) is 0 Å². The normalized spacial score (nSPS) is 14.8. The fourth-order valence-electron chi connectivity index (χ4n) is 4.35. The van der Waals surface area contributed by atoms with Crippen molar-refractivity contribution in [1.29, 1.82) is 0 Å². The van der Waals surface area contributed by atoms with Crippen molar-refractivity contribution in [2.45, 2.75) is 6.54 Å². The summed E-state index contributed by atoms with van der Waals surface area (Å²) < 4.78 is 5.43. The Hall–Kier alpha value is -3.82. The minimum absolute atomic E-state index is 0.691. The number of ether oxygens (including phenoxy) is 1. The van der Waals surface area contributed by atoms with Crippen LogP contribution in [0, 0.1) is 0 Å². The zero-order chi connectivity index (χ0) is 23.1. The summed E-state index contributed by atoms with van der Waals surface area (Å²) in [5, 5.41) is 17.5. The average molecular weight is 455 g/mol. The fourth-order valence-corrected chi connectivity index (χ4v) is 4.35. The highest BCUT2D eigenvalue weighted by atomic mass is 16.5. The molecule has 1 aliphatic rings. The van der Waals surface area contributed by atoms with Gasteiger partial charge in [-0.3, -0.25) is 15.1 Å². The number of rotatable bonds is 5. The van der Waals surface area contributed by atoms with Crippen molar-refractivity contribution in [2.24, 2.45) is 0 Å². The van der Waals surface area contributed by atoms with Crippen LogP contribution in [0.25, 0.3) is 44.5 Å². The first-order chi connectivity index (χ1) is 16.6. The number of morpholine rings is 1. The van der Waals surface area contributed by atoms with E-state index in [0.29, 0.717) is 5.82 Å². The van der Waals surface area contributed by atoms with Gasteiger partial charge in [-0.1, -0.05) is 6.07 Å². The predicted octanol–water partition coefficient (Wildman–Crippen LogP) is 3.46. The van der Waals surface area contributed by atoms with Crippen LogP contribution in [0.5, 0.6) is 0 Å². The molecule has 9 nitrogen and oxygen atoms in total. The van der Waals surface area contributed by atoms with Crippen LogP contribution in [0.15, 0.2) is 48.5 Å². The zero-order valence-electron chi connectivity index (χ0n) is 19.2. The maximum absolute atomic E-state index is 5.43. The summed E-state index contributed by atoms with van der Waals surface area (Å²) in [7, 11) is 3.99. The highest BCUT2D eigenvalue weighted by molar-refractivity contribution is 5.97. The molecule has 1 fully saturated rings. The smallest absolute Gasteiger partial charge is 0.181 e. The Bertz CT molecular complexity index is 1460. The van der Waals surface area contributed by atoms with Crippen molar-refractivity contribution in [1.82, 2.24) is 35.3 Å². The number of benzene rings is 2. The van der Waals surface area contributed by atoms with Gasteiger partial charge in [0.1, 0.15) is 11.6 Å². The molecule has 0 atom stereocenters. The molecule has 1 saturated heterocycles. The first-order valence-corrected chi connectivity index (χ1v) is 11.4. The lowest BCUT2D eigenvalue weighted by Crippen LogP contribution is -2.35. The van der Waals surface area contributed by atoms with Gasteiger partial charge in [-0.05, 0) is 42.5 Å². The quantitative estimate of drug-likeness (QED) is 0.420. The summed E-state index contributed by atoms with van der Waals surface area (Å²) in [5.74, 6) is 2.49. The van der Waals surface area contributed by atoms with E-state index in [1.165, 1.54) is 0 Å². The second-order valence-corrected chi connectivity index (χ2v) is 8.80. The third kappa shape index (κ3) is 3.89. The second-order valence-electron chi connectivity index (χ2n) is 8.80. The van der Waals surface area contributed by atoms with Crippen molar-refractivity contribution in [3.05, 3.63) is 54.4 Å². The topological polar surface area (TPSA) is 98.9 Å². The second kappa shape index (κ2) is 8.51. The Labute approximate surface area is 196 Å². The van der Waals surface area contributed by atoms with Crippen LogP contribution in [0.2, 0.25) is 0 Å². The van der Waals surface area contributed by atoms with Crippen molar-refractivity contribution in [2.75, 3.05) is 45.3 Å². The van der Waals surface area contributed by atoms with Gasteiger partial charge in [0.15, 0.2) is 5.82 Å². The van der Waals surface area contributed by atoms with Crippen LogP contribution >= 0.6 is 0 Å². The number of nitrogens with one attached hydrogen (secondary N) is 2. The molecular weight excluding hydrogens is 428 g/mol. The Balaban J connectivity index is 1.32. The maximum Gasteiger partial charge on any atom is 0.181 e. The highest BCUT2D eigenvalue weighted by Crippen LogP contribution is 2.31. The summed E-state index contributed by atoms with van der Waals surface area (Å²) in [6.07, 6.45) is 0. The number of aromatic nitrogens is 6. The Morgan fingerprint density at radius 2 is 1.76 bits per heavy atom. The van der Waals surface area contributed by atoms with E-state index in [9.17, 15) is 0 Å². The van der Waals surface area contributed by atoms with Crippen LogP contribution in [-0.2, 0) is 11.3 Å². The lowest BCUT2D eigenvalue weighted by Gasteiger charge is -2.25. The third-order valence-corrected chi connectivity index (χ3v) is 6.24. The molecule has 2 N–H and O–H groups in total. The SMILES string of the molecule is CN(C)c1ccc2cc(-c3n[nH]c4ccc(-c5n[nH]c(CN6CCOCC6)n5)cc34)ccc2n1. The lowest BCUT2D eigenvalue weighted by molar-refractivity contribution is 0.0331. The van der Waals surface area contributed by atoms with Crippen LogP contribution in [0.1, 0.15) is 5.82 Å². The van der Waals surface area contributed by atoms with Crippen molar-refractivity contribution >= 4 is 27.6 Å². The minimum atomic E-state index is 0.691. The van der Waals surface area contributed by atoms with E-state index in [0.717, 1.165) is 83.1 Å². The van der Waals surface area contributed by atoms with E-state index in [4.69, 9.17) is 14.7 Å². The predicted molar refractivity (Wildman–Crippen MR) is 133 cm³/mol. The van der Waals surface area contributed by atoms with E-state index < -0.39 is 0 Å². The molecule has 0 radical (unpaired) electrons. The highest BCUT2D eigenvalue weighted by Gasteiger charge is 2.15. The first kappa shape index (κ1) is 20.8. The van der Waals surface area contributed by atoms with Gasteiger partial charge in [0.25, 0.3) is 0 Å². The Morgan fingerprint density at radius 1 is 0.912 bits per heavy atom. The molecule has 0 saturated carbocycles. The molecular formula is C25H26N8O. The molecule has 0 unspecified atom stereocenters.